The van der Waals surface area contributed by atoms with Crippen molar-refractivity contribution < 1.29 is 33.3 Å². The molecule has 1 aromatic carbocycles. The Hall–Kier alpha value is -0.530. The van der Waals surface area contributed by atoms with Crippen LogP contribution < -0.4 is 24.0 Å². The number of aromatic amines is 1. The maximum atomic E-state index is 5.43. The average molecular weight is 388 g/mol. The molecule has 0 bridgehead atoms. The standard InChI is InChI=1S/C14H16N2OS.HI/c1-18-14(16-6-8-17-9-7-16)12-10-15-13-5-3-2-4-11(12)13;/h2-5,10H,6-9H2,1H3;1H. The molecule has 0 aliphatic carbocycles. The highest BCUT2D eigenvalue weighted by Crippen LogP contribution is 2.22. The zero-order valence-electron chi connectivity index (χ0n) is 10.9. The number of ether oxygens (including phenoxy) is 1. The van der Waals surface area contributed by atoms with E-state index in [1.54, 1.807) is 0 Å². The minimum Gasteiger partial charge on any atom is -1.00 e. The number of thioether (sulfide) groups is 1. The van der Waals surface area contributed by atoms with Crippen LogP contribution in [0.15, 0.2) is 30.5 Å². The summed E-state index contributed by atoms with van der Waals surface area (Å²) in [6.07, 6.45) is 4.26. The second-order valence-electron chi connectivity index (χ2n) is 4.36. The predicted molar refractivity (Wildman–Crippen MR) is 76.7 cm³/mol. The molecule has 102 valence electrons. The summed E-state index contributed by atoms with van der Waals surface area (Å²) in [6, 6.07) is 8.46. The summed E-state index contributed by atoms with van der Waals surface area (Å²) >= 11 is 1.82. The van der Waals surface area contributed by atoms with Crippen LogP contribution in [0, 0.1) is 0 Å². The summed E-state index contributed by atoms with van der Waals surface area (Å²) in [5.41, 5.74) is 2.51. The largest absolute Gasteiger partial charge is 1.00 e. The minimum absolute atomic E-state index is 0. The number of H-pyrrole nitrogens is 1. The Balaban J connectivity index is 0.00000133. The summed E-state index contributed by atoms with van der Waals surface area (Å²) < 4.78 is 7.85. The van der Waals surface area contributed by atoms with Crippen molar-refractivity contribution in [3.8, 4) is 0 Å². The molecule has 1 aliphatic heterocycles. The summed E-state index contributed by atoms with van der Waals surface area (Å²) in [6.45, 7) is 3.62. The van der Waals surface area contributed by atoms with E-state index >= 15 is 0 Å². The number of morpholine rings is 1. The van der Waals surface area contributed by atoms with Gasteiger partial charge in [0.15, 0.2) is 13.1 Å². The number of para-hydroxylation sites is 1. The lowest BCUT2D eigenvalue weighted by molar-refractivity contribution is -0.546. The predicted octanol–water partition coefficient (Wildman–Crippen LogP) is -0.676. The van der Waals surface area contributed by atoms with Crippen molar-refractivity contribution in [2.24, 2.45) is 0 Å². The van der Waals surface area contributed by atoms with Crippen molar-refractivity contribution in [3.05, 3.63) is 36.0 Å². The Morgan fingerprint density at radius 1 is 1.26 bits per heavy atom. The molecule has 5 heteroatoms. The Morgan fingerprint density at radius 3 is 2.74 bits per heavy atom. The van der Waals surface area contributed by atoms with E-state index in [-0.39, 0.29) is 24.0 Å². The molecule has 2 heterocycles. The Morgan fingerprint density at radius 2 is 2.00 bits per heavy atom. The number of halogens is 1. The van der Waals surface area contributed by atoms with Crippen molar-refractivity contribution in [3.63, 3.8) is 0 Å². The lowest BCUT2D eigenvalue weighted by atomic mass is 10.2. The lowest BCUT2D eigenvalue weighted by Gasteiger charge is -2.13. The second kappa shape index (κ2) is 6.76. The Labute approximate surface area is 134 Å². The van der Waals surface area contributed by atoms with E-state index < -0.39 is 0 Å². The molecular formula is C14H17IN2OS. The van der Waals surface area contributed by atoms with Crippen LogP contribution in [0.2, 0.25) is 0 Å². The van der Waals surface area contributed by atoms with Crippen LogP contribution in [0.25, 0.3) is 10.9 Å². The van der Waals surface area contributed by atoms with Gasteiger partial charge < -0.3 is 33.7 Å². The Bertz CT molecular complexity index is 586. The fraction of sp³-hybridized carbons (Fsp3) is 0.357. The number of hydrogen-bond donors (Lipinski definition) is 1. The van der Waals surface area contributed by atoms with Crippen molar-refractivity contribution in [1.82, 2.24) is 4.98 Å². The molecule has 1 aromatic heterocycles. The van der Waals surface area contributed by atoms with E-state index in [1.807, 2.05) is 11.8 Å². The van der Waals surface area contributed by atoms with Crippen LogP contribution in [0.3, 0.4) is 0 Å². The number of benzene rings is 1. The minimum atomic E-state index is 0. The molecule has 1 fully saturated rings. The molecule has 1 aliphatic rings. The van der Waals surface area contributed by atoms with E-state index in [9.17, 15) is 0 Å². The van der Waals surface area contributed by atoms with Gasteiger partial charge in [-0.3, -0.25) is 0 Å². The lowest BCUT2D eigenvalue weighted by Crippen LogP contribution is -3.00. The van der Waals surface area contributed by atoms with Gasteiger partial charge in [-0.05, 0) is 12.3 Å². The van der Waals surface area contributed by atoms with Gasteiger partial charge in [0.05, 0.1) is 5.56 Å². The van der Waals surface area contributed by atoms with E-state index in [1.165, 1.54) is 21.5 Å². The third kappa shape index (κ3) is 2.98. The maximum absolute atomic E-state index is 5.43. The second-order valence-corrected chi connectivity index (χ2v) is 5.15. The maximum Gasteiger partial charge on any atom is 0.244 e. The average Bonchev–Trinajstić information content (AvgIpc) is 2.85. The van der Waals surface area contributed by atoms with E-state index in [0.717, 1.165) is 26.3 Å². The van der Waals surface area contributed by atoms with Crippen LogP contribution >= 0.6 is 11.8 Å². The van der Waals surface area contributed by atoms with Gasteiger partial charge >= 0.3 is 0 Å². The molecule has 1 saturated heterocycles. The highest BCUT2D eigenvalue weighted by Gasteiger charge is 2.21. The van der Waals surface area contributed by atoms with E-state index in [0.29, 0.717) is 0 Å². The molecule has 2 aromatic rings. The van der Waals surface area contributed by atoms with Crippen LogP contribution in [0.5, 0.6) is 0 Å². The van der Waals surface area contributed by atoms with Gasteiger partial charge in [-0.2, -0.15) is 0 Å². The zero-order chi connectivity index (χ0) is 12.4. The van der Waals surface area contributed by atoms with Crippen LogP contribution in [-0.4, -0.2) is 47.2 Å². The molecule has 0 amide bonds. The quantitative estimate of drug-likeness (QED) is 0.399. The molecule has 0 spiro atoms. The Kier molecular flexibility index (Phi) is 5.29. The van der Waals surface area contributed by atoms with Gasteiger partial charge in [0.25, 0.3) is 0 Å². The SMILES string of the molecule is CSC(c1c[nH]c2ccccc12)=[N+]1CCOCC1.[I-]. The van der Waals surface area contributed by atoms with Crippen molar-refractivity contribution >= 4 is 27.7 Å². The van der Waals surface area contributed by atoms with Crippen molar-refractivity contribution in [1.29, 1.82) is 0 Å². The number of aromatic nitrogens is 1. The normalized spacial score (nSPS) is 15.3. The topological polar surface area (TPSA) is 28.0 Å². The van der Waals surface area contributed by atoms with Gasteiger partial charge in [-0.25, -0.2) is 4.58 Å². The van der Waals surface area contributed by atoms with E-state index in [4.69, 9.17) is 4.74 Å². The summed E-state index contributed by atoms with van der Waals surface area (Å²) in [5.74, 6) is 0. The molecular weight excluding hydrogens is 371 g/mol. The number of rotatable bonds is 1. The molecule has 3 nitrogen and oxygen atoms in total. The monoisotopic (exact) mass is 388 g/mol. The highest BCUT2D eigenvalue weighted by atomic mass is 127. The van der Waals surface area contributed by atoms with Crippen LogP contribution in [0.1, 0.15) is 5.56 Å². The number of nitrogens with one attached hydrogen (secondary N) is 1. The molecule has 0 saturated carbocycles. The number of fused-ring (bicyclic) bond motifs is 1. The first-order chi connectivity index (χ1) is 8.90. The first-order valence-corrected chi connectivity index (χ1v) is 7.43. The molecule has 0 radical (unpaired) electrons. The summed E-state index contributed by atoms with van der Waals surface area (Å²) in [7, 11) is 0. The first-order valence-electron chi connectivity index (χ1n) is 6.20. The smallest absolute Gasteiger partial charge is 0.244 e. The molecule has 0 atom stereocenters. The zero-order valence-corrected chi connectivity index (χ0v) is 13.8. The first kappa shape index (κ1) is 14.9. The van der Waals surface area contributed by atoms with Crippen molar-refractivity contribution in [2.45, 2.75) is 0 Å². The molecule has 1 N–H and O–H groups in total. The molecule has 0 unspecified atom stereocenters. The molecule has 3 rings (SSSR count). The van der Waals surface area contributed by atoms with Crippen LogP contribution in [-0.2, 0) is 4.74 Å². The van der Waals surface area contributed by atoms with Crippen LogP contribution in [0.4, 0.5) is 0 Å². The fourth-order valence-corrected chi connectivity index (χ4v) is 3.25. The number of hydrogen-bond acceptors (Lipinski definition) is 2. The van der Waals surface area contributed by atoms with E-state index in [2.05, 4.69) is 46.3 Å². The number of nitrogens with zero attached hydrogens (tertiary/aromatic N) is 1. The van der Waals surface area contributed by atoms with Gasteiger partial charge in [0, 0.05) is 17.1 Å². The molecule has 19 heavy (non-hydrogen) atoms. The highest BCUT2D eigenvalue weighted by molar-refractivity contribution is 8.13. The van der Waals surface area contributed by atoms with Gasteiger partial charge in [0.1, 0.15) is 13.2 Å². The van der Waals surface area contributed by atoms with Gasteiger partial charge in [-0.15, -0.1) is 0 Å². The third-order valence-corrected chi connectivity index (χ3v) is 4.18. The van der Waals surface area contributed by atoms with Gasteiger partial charge in [0.2, 0.25) is 5.04 Å². The summed E-state index contributed by atoms with van der Waals surface area (Å²) in [4.78, 5) is 3.35. The van der Waals surface area contributed by atoms with Gasteiger partial charge in [-0.1, -0.05) is 30.0 Å². The fourth-order valence-electron chi connectivity index (χ4n) is 2.42. The summed E-state index contributed by atoms with van der Waals surface area (Å²) in [5, 5.41) is 2.64. The van der Waals surface area contributed by atoms with Crippen molar-refractivity contribution in [2.75, 3.05) is 32.6 Å². The third-order valence-electron chi connectivity index (χ3n) is 3.31.